The lowest BCUT2D eigenvalue weighted by Crippen LogP contribution is -2.07. The van der Waals surface area contributed by atoms with Crippen LogP contribution in [0.2, 0.25) is 0 Å². The maximum absolute atomic E-state index is 3.15. The van der Waals surface area contributed by atoms with Gasteiger partial charge in [-0.2, -0.15) is 0 Å². The van der Waals surface area contributed by atoms with E-state index in [9.17, 15) is 0 Å². The van der Waals surface area contributed by atoms with Gasteiger partial charge in [0.2, 0.25) is 0 Å². The van der Waals surface area contributed by atoms with Crippen molar-refractivity contribution < 1.29 is 0 Å². The van der Waals surface area contributed by atoms with Crippen LogP contribution in [-0.4, -0.2) is 6.66 Å². The summed E-state index contributed by atoms with van der Waals surface area (Å²) >= 11 is 0. The van der Waals surface area contributed by atoms with Gasteiger partial charge < -0.3 is 0 Å². The highest BCUT2D eigenvalue weighted by Gasteiger charge is 2.22. The monoisotopic (exact) mass is 638 g/mol. The third kappa shape index (κ3) is 6.58. The number of rotatable bonds is 11. The highest BCUT2D eigenvalue weighted by atomic mass is 31.1. The minimum absolute atomic E-state index is 0.315. The van der Waals surface area contributed by atoms with E-state index in [0.717, 1.165) is 25.2 Å². The van der Waals surface area contributed by atoms with Gasteiger partial charge in [-0.05, 0) is 128 Å². The van der Waals surface area contributed by atoms with E-state index in [-0.39, 0.29) is 7.92 Å². The fourth-order valence-corrected chi connectivity index (χ4v) is 9.55. The van der Waals surface area contributed by atoms with Crippen LogP contribution in [0.5, 0.6) is 0 Å². The average molecular weight is 639 g/mol. The van der Waals surface area contributed by atoms with Gasteiger partial charge in [-0.25, -0.2) is 0 Å². The zero-order valence-corrected chi connectivity index (χ0v) is 30.3. The standard InChI is InChI=1S/C44H48P2/c1-6-8-18-32-26-34(29-46(5)28-33-19-10-12-22-37(33)35-20-11-9-17-31(35)4)43(39-24-15-13-21-36(32)39)44-40-25-16-14-23-38(40)41(27-42(44)45)30(3)7-2/h9-17,19-27,30H,6-8,18,28-29,45H2,1-5H3. The van der Waals surface area contributed by atoms with Crippen LogP contribution in [-0.2, 0) is 18.7 Å². The Bertz CT molecular complexity index is 1980. The van der Waals surface area contributed by atoms with Gasteiger partial charge in [-0.15, -0.1) is 17.2 Å². The van der Waals surface area contributed by atoms with Gasteiger partial charge in [0.1, 0.15) is 0 Å². The number of aryl methyl sites for hydroxylation is 2. The van der Waals surface area contributed by atoms with Crippen LogP contribution in [0.25, 0.3) is 43.8 Å². The zero-order valence-electron chi connectivity index (χ0n) is 28.2. The van der Waals surface area contributed by atoms with Crippen LogP contribution in [0.1, 0.15) is 73.8 Å². The first-order valence-corrected chi connectivity index (χ1v) is 19.8. The Balaban J connectivity index is 1.52. The number of unbranched alkanes of at least 4 members (excludes halogenated alkanes) is 1. The van der Waals surface area contributed by atoms with Crippen molar-refractivity contribution in [3.8, 4) is 22.3 Å². The zero-order chi connectivity index (χ0) is 32.2. The van der Waals surface area contributed by atoms with Crippen LogP contribution in [0.3, 0.4) is 0 Å². The van der Waals surface area contributed by atoms with Crippen molar-refractivity contribution in [3.05, 3.63) is 137 Å². The van der Waals surface area contributed by atoms with Gasteiger partial charge in [0.25, 0.3) is 0 Å². The minimum Gasteiger partial charge on any atom is -0.105 e. The molecule has 0 bridgehead atoms. The summed E-state index contributed by atoms with van der Waals surface area (Å²) in [6.07, 6.45) is 6.90. The Morgan fingerprint density at radius 2 is 1.22 bits per heavy atom. The maximum Gasteiger partial charge on any atom is -0.00243 e. The van der Waals surface area contributed by atoms with Gasteiger partial charge in [-0.3, -0.25) is 0 Å². The van der Waals surface area contributed by atoms with E-state index in [1.54, 1.807) is 0 Å². The van der Waals surface area contributed by atoms with Gasteiger partial charge >= 0.3 is 0 Å². The lowest BCUT2D eigenvalue weighted by atomic mass is 9.84. The maximum atomic E-state index is 3.15. The third-order valence-electron chi connectivity index (χ3n) is 9.85. The summed E-state index contributed by atoms with van der Waals surface area (Å²) in [6, 6.07) is 41.3. The van der Waals surface area contributed by atoms with E-state index < -0.39 is 0 Å². The molecule has 0 spiro atoms. The predicted molar refractivity (Wildman–Crippen MR) is 210 cm³/mol. The van der Waals surface area contributed by atoms with E-state index >= 15 is 0 Å². The lowest BCUT2D eigenvalue weighted by molar-refractivity contribution is 0.740. The summed E-state index contributed by atoms with van der Waals surface area (Å²) in [5.41, 5.74) is 12.9. The molecule has 0 saturated heterocycles. The van der Waals surface area contributed by atoms with Crippen LogP contribution in [0.15, 0.2) is 109 Å². The van der Waals surface area contributed by atoms with Crippen molar-refractivity contribution in [1.29, 1.82) is 0 Å². The van der Waals surface area contributed by atoms with Gasteiger partial charge in [0, 0.05) is 0 Å². The van der Waals surface area contributed by atoms with Gasteiger partial charge in [0.15, 0.2) is 0 Å². The third-order valence-corrected chi connectivity index (χ3v) is 12.1. The van der Waals surface area contributed by atoms with Crippen LogP contribution in [0, 0.1) is 6.92 Å². The summed E-state index contributed by atoms with van der Waals surface area (Å²) in [4.78, 5) is 0. The second-order valence-electron chi connectivity index (χ2n) is 13.1. The molecule has 0 radical (unpaired) electrons. The molecule has 0 aromatic heterocycles. The van der Waals surface area contributed by atoms with Crippen molar-refractivity contribution in [3.63, 3.8) is 0 Å². The molecule has 0 aliphatic heterocycles. The number of hydrogen-bond donors (Lipinski definition) is 0. The minimum atomic E-state index is -0.315. The Morgan fingerprint density at radius 1 is 0.630 bits per heavy atom. The van der Waals surface area contributed by atoms with Crippen LogP contribution < -0.4 is 5.30 Å². The Labute approximate surface area is 280 Å². The van der Waals surface area contributed by atoms with Crippen LogP contribution in [0.4, 0.5) is 0 Å². The first-order valence-electron chi connectivity index (χ1n) is 17.1. The lowest BCUT2D eigenvalue weighted by Gasteiger charge is -2.24. The van der Waals surface area contributed by atoms with Crippen LogP contribution >= 0.6 is 17.2 Å². The molecule has 0 aliphatic carbocycles. The Hall–Kier alpha value is -3.30. The van der Waals surface area contributed by atoms with E-state index in [4.69, 9.17) is 0 Å². The second-order valence-corrected chi connectivity index (χ2v) is 16.1. The summed E-state index contributed by atoms with van der Waals surface area (Å²) in [5, 5.41) is 6.91. The normalized spacial score (nSPS) is 12.9. The van der Waals surface area contributed by atoms with Crippen molar-refractivity contribution >= 4 is 44.0 Å². The number of fused-ring (bicyclic) bond motifs is 2. The predicted octanol–water partition coefficient (Wildman–Crippen LogP) is 12.8. The molecule has 3 unspecified atom stereocenters. The molecule has 6 aromatic rings. The summed E-state index contributed by atoms with van der Waals surface area (Å²) in [6.45, 7) is 11.7. The molecule has 2 heteroatoms. The van der Waals surface area contributed by atoms with Crippen molar-refractivity contribution in [1.82, 2.24) is 0 Å². The van der Waals surface area contributed by atoms with E-state index in [1.807, 2.05) is 0 Å². The highest BCUT2D eigenvalue weighted by Crippen LogP contribution is 2.47. The molecule has 0 saturated carbocycles. The smallest absolute Gasteiger partial charge is 0.00243 e. The first kappa shape index (κ1) is 32.6. The van der Waals surface area contributed by atoms with E-state index in [0.29, 0.717) is 5.92 Å². The fraction of sp³-hybridized carbons (Fsp3) is 0.273. The van der Waals surface area contributed by atoms with Crippen molar-refractivity contribution in [2.45, 2.75) is 71.6 Å². The largest absolute Gasteiger partial charge is 0.105 e. The molecule has 6 rings (SSSR count). The van der Waals surface area contributed by atoms with Gasteiger partial charge in [0.05, 0.1) is 0 Å². The number of benzene rings is 6. The highest BCUT2D eigenvalue weighted by molar-refractivity contribution is 7.55. The number of hydrogen-bond acceptors (Lipinski definition) is 0. The molecule has 0 fully saturated rings. The summed E-state index contributed by atoms with van der Waals surface area (Å²) in [5.74, 6) is 0.516. The van der Waals surface area contributed by atoms with E-state index in [1.165, 1.54) is 89.8 Å². The second kappa shape index (κ2) is 14.6. The van der Waals surface area contributed by atoms with Crippen molar-refractivity contribution in [2.75, 3.05) is 6.66 Å². The fourth-order valence-electron chi connectivity index (χ4n) is 7.27. The molecule has 0 amide bonds. The molecule has 46 heavy (non-hydrogen) atoms. The van der Waals surface area contributed by atoms with E-state index in [2.05, 4.69) is 153 Å². The first-order chi connectivity index (χ1) is 22.4. The molecule has 0 aliphatic rings. The molecule has 234 valence electrons. The average Bonchev–Trinajstić information content (AvgIpc) is 3.07. The quantitative estimate of drug-likeness (QED) is 0.124. The summed E-state index contributed by atoms with van der Waals surface area (Å²) in [7, 11) is 2.84. The molecule has 6 aromatic carbocycles. The molecule has 3 atom stereocenters. The molecule has 0 N–H and O–H groups in total. The molecule has 0 heterocycles. The summed E-state index contributed by atoms with van der Waals surface area (Å²) < 4.78 is 0. The topological polar surface area (TPSA) is 0 Å². The van der Waals surface area contributed by atoms with Crippen molar-refractivity contribution in [2.24, 2.45) is 0 Å². The molecular weight excluding hydrogens is 590 g/mol. The Morgan fingerprint density at radius 3 is 1.91 bits per heavy atom. The molecular formula is C44H48P2. The van der Waals surface area contributed by atoms with Gasteiger partial charge in [-0.1, -0.05) is 136 Å². The Kier molecular flexibility index (Phi) is 10.4. The SMILES string of the molecule is CCCCc1cc(CP(C)Cc2ccccc2-c2ccccc2C)c(-c2c(P)cc(C(C)CC)c3ccccc23)c2ccccc12. The molecule has 0 nitrogen and oxygen atoms in total.